The van der Waals surface area contributed by atoms with Crippen LogP contribution in [0.25, 0.3) is 0 Å². The highest BCUT2D eigenvalue weighted by molar-refractivity contribution is 4.82. The smallest absolute Gasteiger partial charge is 0.0698 e. The van der Waals surface area contributed by atoms with Gasteiger partial charge in [-0.3, -0.25) is 0 Å². The predicted octanol–water partition coefficient (Wildman–Crippen LogP) is 2.09. The van der Waals surface area contributed by atoms with Gasteiger partial charge in [-0.1, -0.05) is 19.8 Å². The highest BCUT2D eigenvalue weighted by Crippen LogP contribution is 2.31. The normalized spacial score (nSPS) is 32.4. The number of aliphatic hydroxyl groups excluding tert-OH is 1. The molecule has 0 amide bonds. The topological polar surface area (TPSA) is 44.0 Å². The van der Waals surface area contributed by atoms with Crippen LogP contribution in [0.15, 0.2) is 0 Å². The molecule has 68 valence electrons. The molecule has 0 heterocycles. The van der Waals surface area contributed by atoms with Crippen LogP contribution in [-0.4, -0.2) is 11.2 Å². The Balaban J connectivity index is 2.30. The lowest BCUT2D eigenvalue weighted by Gasteiger charge is -2.28. The van der Waals surface area contributed by atoms with E-state index in [0.717, 1.165) is 18.8 Å². The van der Waals surface area contributed by atoms with Crippen molar-refractivity contribution in [3.8, 4) is 6.07 Å². The van der Waals surface area contributed by atoms with Gasteiger partial charge in [0.2, 0.25) is 0 Å². The first kappa shape index (κ1) is 9.54. The van der Waals surface area contributed by atoms with Crippen LogP contribution in [0.5, 0.6) is 0 Å². The second kappa shape index (κ2) is 4.47. The molecule has 0 aliphatic heterocycles. The largest absolute Gasteiger partial charge is 0.392 e. The van der Waals surface area contributed by atoms with Crippen LogP contribution in [0.3, 0.4) is 0 Å². The standard InChI is InChI=1S/C10H17NO/c1-8-2-4-9(5-3-8)10(12)6-7-11/h8-10,12H,2-6H2,1H3. The Bertz CT molecular complexity index is 165. The van der Waals surface area contributed by atoms with E-state index in [4.69, 9.17) is 5.26 Å². The lowest BCUT2D eigenvalue weighted by atomic mass is 9.79. The summed E-state index contributed by atoms with van der Waals surface area (Å²) in [5.74, 6) is 1.20. The average Bonchev–Trinajstić information content (AvgIpc) is 2.06. The Labute approximate surface area is 74.2 Å². The molecule has 1 aliphatic rings. The van der Waals surface area contributed by atoms with Crippen molar-refractivity contribution in [2.45, 2.75) is 45.1 Å². The van der Waals surface area contributed by atoms with Gasteiger partial charge in [0.25, 0.3) is 0 Å². The number of hydrogen-bond acceptors (Lipinski definition) is 2. The molecule has 0 bridgehead atoms. The zero-order valence-electron chi connectivity index (χ0n) is 7.66. The van der Waals surface area contributed by atoms with E-state index in [1.54, 1.807) is 0 Å². The maximum atomic E-state index is 9.54. The fraction of sp³-hybridized carbons (Fsp3) is 0.900. The van der Waals surface area contributed by atoms with E-state index in [0.29, 0.717) is 12.3 Å². The molecule has 0 spiro atoms. The van der Waals surface area contributed by atoms with Gasteiger partial charge < -0.3 is 5.11 Å². The van der Waals surface area contributed by atoms with Crippen LogP contribution >= 0.6 is 0 Å². The van der Waals surface area contributed by atoms with Crippen LogP contribution in [0.2, 0.25) is 0 Å². The summed E-state index contributed by atoms with van der Waals surface area (Å²) in [6, 6.07) is 2.03. The first-order chi connectivity index (χ1) is 5.74. The summed E-state index contributed by atoms with van der Waals surface area (Å²) < 4.78 is 0. The van der Waals surface area contributed by atoms with Crippen molar-refractivity contribution < 1.29 is 5.11 Å². The van der Waals surface area contributed by atoms with E-state index < -0.39 is 0 Å². The molecular formula is C10H17NO. The molecule has 1 aliphatic carbocycles. The van der Waals surface area contributed by atoms with Crippen molar-refractivity contribution in [2.24, 2.45) is 11.8 Å². The minimum absolute atomic E-state index is 0.305. The second-order valence-corrected chi connectivity index (χ2v) is 3.95. The maximum Gasteiger partial charge on any atom is 0.0698 e. The lowest BCUT2D eigenvalue weighted by Crippen LogP contribution is -2.24. The van der Waals surface area contributed by atoms with Crippen molar-refractivity contribution in [1.82, 2.24) is 0 Å². The molecule has 2 nitrogen and oxygen atoms in total. The molecule has 0 aromatic rings. The van der Waals surface area contributed by atoms with E-state index in [-0.39, 0.29) is 6.10 Å². The SMILES string of the molecule is CC1CCC(C(O)CC#N)CC1. The number of hydrogen-bond donors (Lipinski definition) is 1. The molecule has 0 saturated heterocycles. The molecule has 1 atom stereocenters. The van der Waals surface area contributed by atoms with E-state index >= 15 is 0 Å². The van der Waals surface area contributed by atoms with Crippen molar-refractivity contribution in [3.63, 3.8) is 0 Å². The lowest BCUT2D eigenvalue weighted by molar-refractivity contribution is 0.0795. The van der Waals surface area contributed by atoms with Crippen molar-refractivity contribution in [2.75, 3.05) is 0 Å². The Morgan fingerprint density at radius 2 is 2.00 bits per heavy atom. The molecule has 12 heavy (non-hydrogen) atoms. The summed E-state index contributed by atoms with van der Waals surface area (Å²) in [6.45, 7) is 2.26. The summed E-state index contributed by atoms with van der Waals surface area (Å²) >= 11 is 0. The minimum atomic E-state index is -0.373. The third-order valence-corrected chi connectivity index (χ3v) is 2.91. The number of rotatable bonds is 2. The Hall–Kier alpha value is -0.550. The summed E-state index contributed by atoms with van der Waals surface area (Å²) in [7, 11) is 0. The second-order valence-electron chi connectivity index (χ2n) is 3.95. The predicted molar refractivity (Wildman–Crippen MR) is 47.4 cm³/mol. The molecule has 1 fully saturated rings. The molecule has 0 aromatic heterocycles. The van der Waals surface area contributed by atoms with Crippen LogP contribution in [0.1, 0.15) is 39.0 Å². The summed E-state index contributed by atoms with van der Waals surface area (Å²) in [6.07, 6.45) is 4.57. The summed E-state index contributed by atoms with van der Waals surface area (Å²) in [5.41, 5.74) is 0. The molecule has 0 aromatic carbocycles. The third kappa shape index (κ3) is 2.49. The third-order valence-electron chi connectivity index (χ3n) is 2.91. The highest BCUT2D eigenvalue weighted by Gasteiger charge is 2.23. The zero-order valence-corrected chi connectivity index (χ0v) is 7.66. The molecule has 2 heteroatoms. The first-order valence-electron chi connectivity index (χ1n) is 4.79. The van der Waals surface area contributed by atoms with Crippen molar-refractivity contribution >= 4 is 0 Å². The fourth-order valence-electron chi connectivity index (χ4n) is 1.93. The van der Waals surface area contributed by atoms with Gasteiger partial charge in [0.05, 0.1) is 18.6 Å². The molecule has 1 saturated carbocycles. The Morgan fingerprint density at radius 1 is 1.42 bits per heavy atom. The number of nitrogens with zero attached hydrogens (tertiary/aromatic N) is 1. The van der Waals surface area contributed by atoms with Gasteiger partial charge in [0, 0.05) is 0 Å². The van der Waals surface area contributed by atoms with E-state index in [9.17, 15) is 5.11 Å². The van der Waals surface area contributed by atoms with Gasteiger partial charge in [0.1, 0.15) is 0 Å². The fourth-order valence-corrected chi connectivity index (χ4v) is 1.93. The van der Waals surface area contributed by atoms with Crippen LogP contribution in [-0.2, 0) is 0 Å². The minimum Gasteiger partial charge on any atom is -0.392 e. The van der Waals surface area contributed by atoms with E-state index in [1.165, 1.54) is 12.8 Å². The van der Waals surface area contributed by atoms with Gasteiger partial charge in [-0.05, 0) is 24.7 Å². The first-order valence-corrected chi connectivity index (χ1v) is 4.79. The summed E-state index contributed by atoms with van der Waals surface area (Å²) in [4.78, 5) is 0. The van der Waals surface area contributed by atoms with Crippen molar-refractivity contribution in [3.05, 3.63) is 0 Å². The molecular weight excluding hydrogens is 150 g/mol. The van der Waals surface area contributed by atoms with Gasteiger partial charge in [-0.2, -0.15) is 5.26 Å². The van der Waals surface area contributed by atoms with E-state index in [1.807, 2.05) is 6.07 Å². The molecule has 1 unspecified atom stereocenters. The van der Waals surface area contributed by atoms with Gasteiger partial charge in [-0.15, -0.1) is 0 Å². The summed E-state index contributed by atoms with van der Waals surface area (Å²) in [5, 5.41) is 17.9. The van der Waals surface area contributed by atoms with Gasteiger partial charge >= 0.3 is 0 Å². The van der Waals surface area contributed by atoms with Crippen LogP contribution in [0.4, 0.5) is 0 Å². The van der Waals surface area contributed by atoms with Crippen molar-refractivity contribution in [1.29, 1.82) is 5.26 Å². The molecule has 1 rings (SSSR count). The zero-order chi connectivity index (χ0) is 8.97. The number of aliphatic hydroxyl groups is 1. The number of nitriles is 1. The molecule has 0 radical (unpaired) electrons. The highest BCUT2D eigenvalue weighted by atomic mass is 16.3. The van der Waals surface area contributed by atoms with Crippen LogP contribution < -0.4 is 0 Å². The monoisotopic (exact) mass is 167 g/mol. The van der Waals surface area contributed by atoms with E-state index in [2.05, 4.69) is 6.92 Å². The quantitative estimate of drug-likeness (QED) is 0.684. The van der Waals surface area contributed by atoms with Crippen LogP contribution in [0, 0.1) is 23.2 Å². The Kier molecular flexibility index (Phi) is 3.55. The molecule has 1 N–H and O–H groups in total. The average molecular weight is 167 g/mol. The maximum absolute atomic E-state index is 9.54. The van der Waals surface area contributed by atoms with Gasteiger partial charge in [0.15, 0.2) is 0 Å². The Morgan fingerprint density at radius 3 is 2.50 bits per heavy atom. The van der Waals surface area contributed by atoms with Gasteiger partial charge in [-0.25, -0.2) is 0 Å².